The van der Waals surface area contributed by atoms with E-state index in [1.54, 1.807) is 18.2 Å². The van der Waals surface area contributed by atoms with E-state index < -0.39 is 15.9 Å². The van der Waals surface area contributed by atoms with E-state index in [2.05, 4.69) is 11.0 Å². The van der Waals surface area contributed by atoms with Crippen LogP contribution in [0.15, 0.2) is 56.5 Å². The lowest BCUT2D eigenvalue weighted by Gasteiger charge is -2.12. The summed E-state index contributed by atoms with van der Waals surface area (Å²) in [6, 6.07) is 7.45. The molecule has 1 aliphatic heterocycles. The van der Waals surface area contributed by atoms with Gasteiger partial charge in [0.25, 0.3) is 15.9 Å². The van der Waals surface area contributed by atoms with Crippen LogP contribution in [0.3, 0.4) is 0 Å². The van der Waals surface area contributed by atoms with Gasteiger partial charge in [0.1, 0.15) is 4.21 Å². The fourth-order valence-corrected chi connectivity index (χ4v) is 6.04. The van der Waals surface area contributed by atoms with Gasteiger partial charge in [-0.1, -0.05) is 23.7 Å². The highest BCUT2D eigenvalue weighted by Gasteiger charge is 2.34. The highest BCUT2D eigenvalue weighted by atomic mass is 35.5. The first-order valence-electron chi connectivity index (χ1n) is 8.05. The zero-order valence-electron chi connectivity index (χ0n) is 15.0. The molecular weight excluding hydrogens is 456 g/mol. The monoisotopic (exact) mass is 470 g/mol. The lowest BCUT2D eigenvalue weighted by Crippen LogP contribution is -2.29. The molecule has 0 bridgehead atoms. The van der Waals surface area contributed by atoms with Crippen molar-refractivity contribution in [1.82, 2.24) is 4.90 Å². The number of methoxy groups -OCH3 is 1. The van der Waals surface area contributed by atoms with Crippen molar-refractivity contribution in [2.75, 3.05) is 13.7 Å². The summed E-state index contributed by atoms with van der Waals surface area (Å²) in [7, 11) is -2.60. The molecule has 0 atom stereocenters. The number of thioether (sulfide) groups is 1. The lowest BCUT2D eigenvalue weighted by atomic mass is 10.2. The zero-order valence-corrected chi connectivity index (χ0v) is 18.2. The molecule has 3 rings (SSSR count). The van der Waals surface area contributed by atoms with Crippen LogP contribution in [-0.4, -0.2) is 43.2 Å². The normalized spacial score (nSPS) is 17.3. The maximum Gasteiger partial charge on any atom is 0.294 e. The molecule has 0 saturated carbocycles. The van der Waals surface area contributed by atoms with Gasteiger partial charge in [0.2, 0.25) is 0 Å². The van der Waals surface area contributed by atoms with Gasteiger partial charge in [-0.25, -0.2) is 0 Å². The number of phenols is 1. The molecule has 11 heteroatoms. The Kier molecular flexibility index (Phi) is 6.37. The summed E-state index contributed by atoms with van der Waals surface area (Å²) in [6.07, 6.45) is 3.05. The number of sulfonamides is 1. The summed E-state index contributed by atoms with van der Waals surface area (Å²) in [6.45, 7) is 3.70. The molecule has 29 heavy (non-hydrogen) atoms. The van der Waals surface area contributed by atoms with Crippen molar-refractivity contribution in [1.29, 1.82) is 0 Å². The number of amides is 1. The molecule has 7 nitrogen and oxygen atoms in total. The van der Waals surface area contributed by atoms with Crippen LogP contribution in [0.1, 0.15) is 5.56 Å². The van der Waals surface area contributed by atoms with Gasteiger partial charge in [0.05, 0.1) is 16.4 Å². The average Bonchev–Trinajstić information content (AvgIpc) is 3.23. The van der Waals surface area contributed by atoms with Crippen LogP contribution in [0.4, 0.5) is 0 Å². The van der Waals surface area contributed by atoms with Crippen molar-refractivity contribution < 1.29 is 23.1 Å². The number of halogens is 1. The second-order valence-corrected chi connectivity index (χ2v) is 10.2. The number of rotatable bonds is 6. The topological polar surface area (TPSA) is 96.3 Å². The lowest BCUT2D eigenvalue weighted by molar-refractivity contribution is -0.121. The molecule has 1 aliphatic rings. The minimum atomic E-state index is -4.02. The number of carbonyl (C=O) groups is 1. The molecule has 2 aromatic rings. The molecule has 2 heterocycles. The highest BCUT2D eigenvalue weighted by molar-refractivity contribution is 8.19. The number of thiophene rings is 1. The number of aromatic hydroxyl groups is 1. The number of nitrogens with zero attached hydrogens (tertiary/aromatic N) is 2. The quantitative estimate of drug-likeness (QED) is 0.507. The highest BCUT2D eigenvalue weighted by Crippen LogP contribution is 2.36. The van der Waals surface area contributed by atoms with Crippen LogP contribution in [0.2, 0.25) is 4.34 Å². The summed E-state index contributed by atoms with van der Waals surface area (Å²) in [5.74, 6) is -0.180. The average molecular weight is 471 g/mol. The minimum Gasteiger partial charge on any atom is -0.504 e. The van der Waals surface area contributed by atoms with Crippen LogP contribution < -0.4 is 4.74 Å². The maximum absolute atomic E-state index is 12.8. The largest absolute Gasteiger partial charge is 0.504 e. The first-order chi connectivity index (χ1) is 13.7. The third-order valence-electron chi connectivity index (χ3n) is 3.70. The molecule has 0 aliphatic carbocycles. The molecule has 0 radical (unpaired) electrons. The van der Waals surface area contributed by atoms with Crippen LogP contribution in [0.5, 0.6) is 11.5 Å². The number of hydrogen-bond donors (Lipinski definition) is 1. The summed E-state index contributed by atoms with van der Waals surface area (Å²) in [5, 5.41) is 9.73. The number of phenolic OH excluding ortho intramolecular Hbond substituents is 1. The fourth-order valence-electron chi connectivity index (χ4n) is 2.39. The van der Waals surface area contributed by atoms with Crippen molar-refractivity contribution in [3.8, 4) is 11.5 Å². The van der Waals surface area contributed by atoms with Gasteiger partial charge in [-0.05, 0) is 47.7 Å². The van der Waals surface area contributed by atoms with Gasteiger partial charge in [-0.3, -0.25) is 9.69 Å². The first-order valence-corrected chi connectivity index (χ1v) is 11.5. The van der Waals surface area contributed by atoms with Crippen LogP contribution in [-0.2, 0) is 14.8 Å². The molecule has 0 unspecified atom stereocenters. The van der Waals surface area contributed by atoms with Crippen molar-refractivity contribution in [3.05, 3.63) is 57.8 Å². The van der Waals surface area contributed by atoms with Crippen LogP contribution in [0, 0.1) is 0 Å². The first kappa shape index (κ1) is 21.4. The van der Waals surface area contributed by atoms with Crippen molar-refractivity contribution in [2.45, 2.75) is 4.21 Å². The molecular formula is C18H15ClN2O5S3. The molecule has 0 spiro atoms. The van der Waals surface area contributed by atoms with Gasteiger partial charge in [-0.15, -0.1) is 22.3 Å². The molecule has 1 aromatic heterocycles. The standard InChI is InChI=1S/C18H15ClN2O5S3/c1-3-8-21-17(23)14(10-11-4-5-12(22)13(9-11)26-2)27-18(21)20-29(24,25)16-7-6-15(19)28-16/h3-7,9-10,22H,1,8H2,2H3/b14-10-,20-18+. The van der Waals surface area contributed by atoms with Crippen LogP contribution >= 0.6 is 34.7 Å². The molecule has 152 valence electrons. The third kappa shape index (κ3) is 4.67. The summed E-state index contributed by atoms with van der Waals surface area (Å²) in [5.41, 5.74) is 0.600. The Morgan fingerprint density at radius 2 is 2.10 bits per heavy atom. The molecule has 1 saturated heterocycles. The summed E-state index contributed by atoms with van der Waals surface area (Å²) in [4.78, 5) is 14.3. The van der Waals surface area contributed by atoms with E-state index in [-0.39, 0.29) is 32.3 Å². The predicted molar refractivity (Wildman–Crippen MR) is 116 cm³/mol. The van der Waals surface area contributed by atoms with Crippen LogP contribution in [0.25, 0.3) is 6.08 Å². The number of carbonyl (C=O) groups excluding carboxylic acids is 1. The number of hydrogen-bond acceptors (Lipinski definition) is 7. The second-order valence-electron chi connectivity index (χ2n) is 5.65. The Hall–Kier alpha value is -2.27. The Balaban J connectivity index is 1.99. The number of amidine groups is 1. The molecule has 1 fully saturated rings. The summed E-state index contributed by atoms with van der Waals surface area (Å²) < 4.78 is 34.4. The van der Waals surface area contributed by atoms with Crippen molar-refractivity contribution in [3.63, 3.8) is 0 Å². The van der Waals surface area contributed by atoms with Crippen molar-refractivity contribution in [2.24, 2.45) is 4.40 Å². The van der Waals surface area contributed by atoms with Gasteiger partial charge >= 0.3 is 0 Å². The molecule has 1 aromatic carbocycles. The maximum atomic E-state index is 12.8. The SMILES string of the molecule is C=CCN1C(=O)/C(=C/c2ccc(O)c(OC)c2)S/C1=N/S(=O)(=O)c1ccc(Cl)s1. The Labute approximate surface area is 181 Å². The van der Waals surface area contributed by atoms with E-state index in [1.165, 1.54) is 36.3 Å². The van der Waals surface area contributed by atoms with Gasteiger partial charge < -0.3 is 9.84 Å². The van der Waals surface area contributed by atoms with E-state index in [1.807, 2.05) is 0 Å². The fraction of sp³-hybridized carbons (Fsp3) is 0.111. The number of benzene rings is 1. The van der Waals surface area contributed by atoms with E-state index in [0.29, 0.717) is 9.90 Å². The van der Waals surface area contributed by atoms with Crippen molar-refractivity contribution >= 4 is 61.9 Å². The van der Waals surface area contributed by atoms with Gasteiger partial charge in [0, 0.05) is 6.54 Å². The van der Waals surface area contributed by atoms with E-state index in [4.69, 9.17) is 16.3 Å². The Bertz CT molecular complexity index is 1140. The van der Waals surface area contributed by atoms with Gasteiger partial charge in [0.15, 0.2) is 16.7 Å². The predicted octanol–water partition coefficient (Wildman–Crippen LogP) is 3.96. The summed E-state index contributed by atoms with van der Waals surface area (Å²) >= 11 is 7.64. The van der Waals surface area contributed by atoms with E-state index in [9.17, 15) is 18.3 Å². The van der Waals surface area contributed by atoms with E-state index in [0.717, 1.165) is 23.1 Å². The Morgan fingerprint density at radius 1 is 1.34 bits per heavy atom. The minimum absolute atomic E-state index is 0.0118. The molecule has 1 N–H and O–H groups in total. The number of ether oxygens (including phenoxy) is 1. The third-order valence-corrected chi connectivity index (χ3v) is 7.79. The van der Waals surface area contributed by atoms with E-state index >= 15 is 0 Å². The molecule has 1 amide bonds. The Morgan fingerprint density at radius 3 is 2.72 bits per heavy atom. The smallest absolute Gasteiger partial charge is 0.294 e. The zero-order chi connectivity index (χ0) is 21.2. The second kappa shape index (κ2) is 8.62. The van der Waals surface area contributed by atoms with Gasteiger partial charge in [-0.2, -0.15) is 8.42 Å².